The summed E-state index contributed by atoms with van der Waals surface area (Å²) >= 11 is 0. The first-order chi connectivity index (χ1) is 12.6. The lowest BCUT2D eigenvalue weighted by atomic mass is 9.85. The van der Waals surface area contributed by atoms with Crippen LogP contribution in [0.4, 0.5) is 8.78 Å². The predicted octanol–water partition coefficient (Wildman–Crippen LogP) is 4.39. The highest BCUT2D eigenvalue weighted by molar-refractivity contribution is 5.62. The molecule has 1 unspecified atom stereocenters. The van der Waals surface area contributed by atoms with Crippen LogP contribution in [0.15, 0.2) is 54.7 Å². The summed E-state index contributed by atoms with van der Waals surface area (Å²) in [6.07, 6.45) is 2.43. The quantitative estimate of drug-likeness (QED) is 0.686. The van der Waals surface area contributed by atoms with Gasteiger partial charge in [-0.3, -0.25) is 0 Å². The van der Waals surface area contributed by atoms with Gasteiger partial charge in [0.25, 0.3) is 0 Å². The third-order valence-electron chi connectivity index (χ3n) is 4.96. The van der Waals surface area contributed by atoms with Crippen molar-refractivity contribution < 1.29 is 8.78 Å². The zero-order valence-electron chi connectivity index (χ0n) is 14.5. The first-order valence-electron chi connectivity index (χ1n) is 8.66. The normalized spacial score (nSPS) is 17.6. The molecule has 4 rings (SSSR count). The summed E-state index contributed by atoms with van der Waals surface area (Å²) in [7, 11) is 2.06. The molecule has 0 bridgehead atoms. The Morgan fingerprint density at radius 1 is 1.08 bits per heavy atom. The number of aromatic nitrogens is 2. The van der Waals surface area contributed by atoms with E-state index in [4.69, 9.17) is 0 Å². The first kappa shape index (κ1) is 16.8. The molecule has 3 nitrogen and oxygen atoms in total. The number of nitrogens with zero attached hydrogens (tertiary/aromatic N) is 3. The van der Waals surface area contributed by atoms with Gasteiger partial charge in [0.05, 0.1) is 5.69 Å². The lowest BCUT2D eigenvalue weighted by Gasteiger charge is -2.19. The molecule has 0 saturated carbocycles. The molecule has 1 aliphatic rings. The highest BCUT2D eigenvalue weighted by Crippen LogP contribution is 2.36. The molecule has 2 aromatic carbocycles. The van der Waals surface area contributed by atoms with Crippen LogP contribution in [0, 0.1) is 11.6 Å². The Morgan fingerprint density at radius 2 is 1.88 bits per heavy atom. The van der Waals surface area contributed by atoms with Gasteiger partial charge in [0.15, 0.2) is 0 Å². The molecule has 0 fully saturated rings. The summed E-state index contributed by atoms with van der Waals surface area (Å²) < 4.78 is 28.2. The van der Waals surface area contributed by atoms with Crippen molar-refractivity contribution >= 4 is 0 Å². The van der Waals surface area contributed by atoms with Crippen LogP contribution in [0.25, 0.3) is 11.3 Å². The van der Waals surface area contributed by atoms with Crippen molar-refractivity contribution in [2.24, 2.45) is 0 Å². The molecule has 2 heterocycles. The molecule has 0 amide bonds. The lowest BCUT2D eigenvalue weighted by Crippen LogP contribution is -2.17. The fraction of sp³-hybridized carbons (Fsp3) is 0.238. The molecule has 0 saturated heterocycles. The maximum Gasteiger partial charge on any atom is 0.132 e. The van der Waals surface area contributed by atoms with Crippen LogP contribution in [0.3, 0.4) is 0 Å². The SMILES string of the molecule is CN1CCC(c2ccc(F)cc2)c2cc(F)c(-c3cccnn3)cc2C1. The van der Waals surface area contributed by atoms with Crippen LogP contribution < -0.4 is 0 Å². The number of fused-ring (bicyclic) bond motifs is 1. The van der Waals surface area contributed by atoms with Gasteiger partial charge in [-0.25, -0.2) is 8.78 Å². The van der Waals surface area contributed by atoms with E-state index in [0.717, 1.165) is 36.2 Å². The van der Waals surface area contributed by atoms with Crippen molar-refractivity contribution in [3.63, 3.8) is 0 Å². The van der Waals surface area contributed by atoms with Gasteiger partial charge >= 0.3 is 0 Å². The Kier molecular flexibility index (Phi) is 4.47. The minimum atomic E-state index is -0.305. The molecule has 0 radical (unpaired) electrons. The summed E-state index contributed by atoms with van der Waals surface area (Å²) in [5.74, 6) is -0.522. The molecule has 5 heteroatoms. The summed E-state index contributed by atoms with van der Waals surface area (Å²) in [5.41, 5.74) is 4.03. The van der Waals surface area contributed by atoms with Crippen LogP contribution in [-0.4, -0.2) is 28.7 Å². The largest absolute Gasteiger partial charge is 0.302 e. The molecule has 1 aromatic heterocycles. The zero-order chi connectivity index (χ0) is 18.1. The second kappa shape index (κ2) is 6.92. The Balaban J connectivity index is 1.83. The third kappa shape index (κ3) is 3.22. The van der Waals surface area contributed by atoms with Crippen molar-refractivity contribution in [1.82, 2.24) is 15.1 Å². The van der Waals surface area contributed by atoms with Gasteiger partial charge < -0.3 is 4.90 Å². The molecular weight excluding hydrogens is 332 g/mol. The molecular formula is C21H19F2N3. The van der Waals surface area contributed by atoms with Gasteiger partial charge in [0.2, 0.25) is 0 Å². The Hall–Kier alpha value is -2.66. The number of rotatable bonds is 2. The van der Waals surface area contributed by atoms with Crippen molar-refractivity contribution in [3.8, 4) is 11.3 Å². The van der Waals surface area contributed by atoms with E-state index in [1.54, 1.807) is 36.5 Å². The van der Waals surface area contributed by atoms with Gasteiger partial charge in [0, 0.05) is 24.2 Å². The topological polar surface area (TPSA) is 29.0 Å². The molecule has 26 heavy (non-hydrogen) atoms. The average molecular weight is 351 g/mol. The van der Waals surface area contributed by atoms with Crippen molar-refractivity contribution in [2.75, 3.05) is 13.6 Å². The van der Waals surface area contributed by atoms with Crippen molar-refractivity contribution in [2.45, 2.75) is 18.9 Å². The van der Waals surface area contributed by atoms with Crippen LogP contribution in [0.2, 0.25) is 0 Å². The van der Waals surface area contributed by atoms with E-state index in [1.807, 2.05) is 6.07 Å². The van der Waals surface area contributed by atoms with Crippen LogP contribution >= 0.6 is 0 Å². The number of hydrogen-bond acceptors (Lipinski definition) is 3. The van der Waals surface area contributed by atoms with E-state index in [9.17, 15) is 8.78 Å². The van der Waals surface area contributed by atoms with E-state index >= 15 is 0 Å². The van der Waals surface area contributed by atoms with Gasteiger partial charge in [-0.05, 0) is 73.1 Å². The van der Waals surface area contributed by atoms with E-state index in [-0.39, 0.29) is 17.6 Å². The maximum absolute atomic E-state index is 14.9. The number of halogens is 2. The van der Waals surface area contributed by atoms with E-state index in [0.29, 0.717) is 11.3 Å². The van der Waals surface area contributed by atoms with E-state index < -0.39 is 0 Å². The van der Waals surface area contributed by atoms with Crippen LogP contribution in [-0.2, 0) is 6.54 Å². The summed E-state index contributed by atoms with van der Waals surface area (Å²) in [6.45, 7) is 1.62. The molecule has 0 spiro atoms. The Labute approximate surface area is 151 Å². The molecule has 0 aliphatic carbocycles. The fourth-order valence-electron chi connectivity index (χ4n) is 3.65. The smallest absolute Gasteiger partial charge is 0.132 e. The second-order valence-electron chi connectivity index (χ2n) is 6.77. The minimum absolute atomic E-state index is 0.0426. The first-order valence-corrected chi connectivity index (χ1v) is 8.66. The summed E-state index contributed by atoms with van der Waals surface area (Å²) in [5, 5.41) is 7.90. The monoisotopic (exact) mass is 351 g/mol. The van der Waals surface area contributed by atoms with Crippen molar-refractivity contribution in [1.29, 1.82) is 0 Å². The fourth-order valence-corrected chi connectivity index (χ4v) is 3.65. The Morgan fingerprint density at radius 3 is 2.62 bits per heavy atom. The summed E-state index contributed by atoms with van der Waals surface area (Å²) in [4.78, 5) is 2.22. The van der Waals surface area contributed by atoms with Gasteiger partial charge in [0.1, 0.15) is 11.6 Å². The van der Waals surface area contributed by atoms with Crippen LogP contribution in [0.5, 0.6) is 0 Å². The molecule has 0 N–H and O–H groups in total. The van der Waals surface area contributed by atoms with Crippen molar-refractivity contribution in [3.05, 3.63) is 83.1 Å². The standard InChI is InChI=1S/C21H19F2N3/c1-26-10-8-17(14-4-6-16(22)7-5-14)18-12-20(23)19(11-15(18)13-26)21-3-2-9-24-25-21/h2-7,9,11-12,17H,8,10,13H2,1H3. The van der Waals surface area contributed by atoms with E-state index in [2.05, 4.69) is 22.1 Å². The highest BCUT2D eigenvalue weighted by atomic mass is 19.1. The lowest BCUT2D eigenvalue weighted by molar-refractivity contribution is 0.328. The summed E-state index contributed by atoms with van der Waals surface area (Å²) in [6, 6.07) is 13.5. The Bertz CT molecular complexity index is 911. The molecule has 1 atom stereocenters. The van der Waals surface area contributed by atoms with Gasteiger partial charge in [-0.2, -0.15) is 10.2 Å². The average Bonchev–Trinajstić information content (AvgIpc) is 2.81. The molecule has 132 valence electrons. The predicted molar refractivity (Wildman–Crippen MR) is 96.6 cm³/mol. The van der Waals surface area contributed by atoms with E-state index in [1.165, 1.54) is 12.1 Å². The second-order valence-corrected chi connectivity index (χ2v) is 6.77. The van der Waals surface area contributed by atoms with Crippen LogP contribution in [0.1, 0.15) is 29.0 Å². The van der Waals surface area contributed by atoms with Gasteiger partial charge in [-0.1, -0.05) is 12.1 Å². The minimum Gasteiger partial charge on any atom is -0.302 e. The number of hydrogen-bond donors (Lipinski definition) is 0. The van der Waals surface area contributed by atoms with Gasteiger partial charge in [-0.15, -0.1) is 0 Å². The highest BCUT2D eigenvalue weighted by Gasteiger charge is 2.25. The maximum atomic E-state index is 14.9. The molecule has 1 aliphatic heterocycles. The molecule has 3 aromatic rings. The third-order valence-corrected chi connectivity index (χ3v) is 4.96. The zero-order valence-corrected chi connectivity index (χ0v) is 14.5. The number of benzene rings is 2.